The number of rotatable bonds is 10. The molecule has 0 saturated heterocycles. The monoisotopic (exact) mass is 485 g/mol. The van der Waals surface area contributed by atoms with Crippen molar-refractivity contribution in [3.63, 3.8) is 0 Å². The average molecular weight is 486 g/mol. The maximum Gasteiger partial charge on any atom is 0.343 e. The van der Waals surface area contributed by atoms with Gasteiger partial charge in [-0.2, -0.15) is 15.5 Å². The van der Waals surface area contributed by atoms with Gasteiger partial charge in [-0.25, -0.2) is 4.79 Å². The quantitative estimate of drug-likeness (QED) is 0.139. The number of carbonyl (C=O) groups excluding carboxylic acids is 2. The van der Waals surface area contributed by atoms with Gasteiger partial charge in [-0.3, -0.25) is 4.79 Å². The summed E-state index contributed by atoms with van der Waals surface area (Å²) >= 11 is 0. The van der Waals surface area contributed by atoms with Crippen LogP contribution in [0.5, 0.6) is 11.5 Å². The van der Waals surface area contributed by atoms with Gasteiger partial charge in [0, 0.05) is 0 Å². The van der Waals surface area contributed by atoms with Gasteiger partial charge in [0.05, 0.1) is 34.0 Å². The van der Waals surface area contributed by atoms with Crippen molar-refractivity contribution >= 4 is 23.3 Å². The van der Waals surface area contributed by atoms with Crippen molar-refractivity contribution in [1.82, 2.24) is 0 Å². The SMILES string of the molecule is CCC(C)(C)C(=O)OCCOc1ccc(C(=O)Oc2ccc(N=Nc3ccc(C#N)cc3)cc2)cc1. The fourth-order valence-corrected chi connectivity index (χ4v) is 2.79. The topological polar surface area (TPSA) is 110 Å². The molecule has 3 aromatic rings. The number of esters is 2. The molecule has 0 saturated carbocycles. The third-order valence-electron chi connectivity index (χ3n) is 5.44. The van der Waals surface area contributed by atoms with E-state index in [4.69, 9.17) is 19.5 Å². The highest BCUT2D eigenvalue weighted by Gasteiger charge is 2.26. The van der Waals surface area contributed by atoms with Crippen molar-refractivity contribution in [2.45, 2.75) is 27.2 Å². The molecule has 184 valence electrons. The lowest BCUT2D eigenvalue weighted by atomic mass is 9.91. The molecule has 0 unspecified atom stereocenters. The summed E-state index contributed by atoms with van der Waals surface area (Å²) in [6.45, 7) is 5.98. The van der Waals surface area contributed by atoms with Crippen LogP contribution in [0.3, 0.4) is 0 Å². The highest BCUT2D eigenvalue weighted by molar-refractivity contribution is 5.91. The first-order valence-corrected chi connectivity index (χ1v) is 11.4. The Bertz CT molecular complexity index is 1240. The summed E-state index contributed by atoms with van der Waals surface area (Å²) in [5.41, 5.74) is 1.61. The molecule has 0 atom stereocenters. The molecule has 0 spiro atoms. The number of ether oxygens (including phenoxy) is 3. The normalized spacial score (nSPS) is 11.1. The first kappa shape index (κ1) is 26.1. The van der Waals surface area contributed by atoms with Crippen LogP contribution < -0.4 is 9.47 Å². The predicted molar refractivity (Wildman–Crippen MR) is 134 cm³/mol. The third kappa shape index (κ3) is 7.50. The van der Waals surface area contributed by atoms with Gasteiger partial charge < -0.3 is 14.2 Å². The van der Waals surface area contributed by atoms with Crippen molar-refractivity contribution in [2.24, 2.45) is 15.6 Å². The van der Waals surface area contributed by atoms with Crippen LogP contribution >= 0.6 is 0 Å². The van der Waals surface area contributed by atoms with E-state index >= 15 is 0 Å². The van der Waals surface area contributed by atoms with Crippen LogP contribution in [0.4, 0.5) is 11.4 Å². The molecule has 8 heteroatoms. The van der Waals surface area contributed by atoms with E-state index in [1.807, 2.05) is 26.8 Å². The second kappa shape index (κ2) is 12.3. The molecule has 0 aliphatic carbocycles. The number of nitrogens with zero attached hydrogens (tertiary/aromatic N) is 3. The highest BCUT2D eigenvalue weighted by Crippen LogP contribution is 2.23. The molecule has 0 fully saturated rings. The molecule has 0 bridgehead atoms. The smallest absolute Gasteiger partial charge is 0.343 e. The Morgan fingerprint density at radius 1 is 0.833 bits per heavy atom. The van der Waals surface area contributed by atoms with Gasteiger partial charge in [0.15, 0.2) is 0 Å². The van der Waals surface area contributed by atoms with Gasteiger partial charge >= 0.3 is 11.9 Å². The molecular formula is C28H27N3O5. The van der Waals surface area contributed by atoms with Crippen molar-refractivity contribution in [1.29, 1.82) is 5.26 Å². The first-order chi connectivity index (χ1) is 17.3. The molecule has 0 aromatic heterocycles. The van der Waals surface area contributed by atoms with E-state index in [2.05, 4.69) is 10.2 Å². The molecule has 0 heterocycles. The summed E-state index contributed by atoms with van der Waals surface area (Å²) in [7, 11) is 0. The Balaban J connectivity index is 1.47. The van der Waals surface area contributed by atoms with E-state index in [1.165, 1.54) is 0 Å². The van der Waals surface area contributed by atoms with Crippen LogP contribution in [0.25, 0.3) is 0 Å². The molecule has 3 rings (SSSR count). The maximum atomic E-state index is 12.4. The Hall–Kier alpha value is -4.51. The van der Waals surface area contributed by atoms with Crippen LogP contribution in [-0.4, -0.2) is 25.2 Å². The summed E-state index contributed by atoms with van der Waals surface area (Å²) in [4.78, 5) is 24.4. The van der Waals surface area contributed by atoms with E-state index in [0.29, 0.717) is 40.4 Å². The zero-order valence-electron chi connectivity index (χ0n) is 20.4. The second-order valence-electron chi connectivity index (χ2n) is 8.49. The van der Waals surface area contributed by atoms with Gasteiger partial charge in [0.2, 0.25) is 0 Å². The van der Waals surface area contributed by atoms with E-state index < -0.39 is 11.4 Å². The predicted octanol–water partition coefficient (Wildman–Crippen LogP) is 6.55. The Kier molecular flexibility index (Phi) is 8.89. The van der Waals surface area contributed by atoms with E-state index in [9.17, 15) is 9.59 Å². The van der Waals surface area contributed by atoms with Crippen molar-refractivity contribution < 1.29 is 23.8 Å². The molecule has 0 aliphatic heterocycles. The van der Waals surface area contributed by atoms with Gasteiger partial charge in [-0.1, -0.05) is 6.92 Å². The number of carbonyl (C=O) groups is 2. The summed E-state index contributed by atoms with van der Waals surface area (Å²) in [6, 6.07) is 21.9. The fourth-order valence-electron chi connectivity index (χ4n) is 2.79. The summed E-state index contributed by atoms with van der Waals surface area (Å²) < 4.78 is 16.2. The van der Waals surface area contributed by atoms with Crippen LogP contribution in [0.1, 0.15) is 43.1 Å². The fraction of sp³-hybridized carbons (Fsp3) is 0.250. The number of nitriles is 1. The lowest BCUT2D eigenvalue weighted by Gasteiger charge is -2.20. The van der Waals surface area contributed by atoms with Crippen molar-refractivity contribution in [2.75, 3.05) is 13.2 Å². The molecule has 0 radical (unpaired) electrons. The van der Waals surface area contributed by atoms with E-state index in [1.54, 1.807) is 72.8 Å². The second-order valence-corrected chi connectivity index (χ2v) is 8.49. The van der Waals surface area contributed by atoms with Gasteiger partial charge in [0.25, 0.3) is 0 Å². The minimum atomic E-state index is -0.515. The number of benzene rings is 3. The third-order valence-corrected chi connectivity index (χ3v) is 5.44. The van der Waals surface area contributed by atoms with Gasteiger partial charge in [-0.15, -0.1) is 0 Å². The molecule has 0 aliphatic rings. The minimum Gasteiger partial charge on any atom is -0.490 e. The Morgan fingerprint density at radius 3 is 1.94 bits per heavy atom. The zero-order valence-corrected chi connectivity index (χ0v) is 20.4. The van der Waals surface area contributed by atoms with Crippen LogP contribution in [-0.2, 0) is 9.53 Å². The molecule has 0 N–H and O–H groups in total. The molecular weight excluding hydrogens is 458 g/mol. The standard InChI is InChI=1S/C28H27N3O5/c1-4-28(2,3)27(33)35-18-17-34-24-13-7-21(8-14-24)26(32)36-25-15-11-23(12-16-25)31-30-22-9-5-20(19-29)6-10-22/h5-16H,4,17-18H2,1-3H3. The van der Waals surface area contributed by atoms with E-state index in [-0.39, 0.29) is 19.2 Å². The van der Waals surface area contributed by atoms with Gasteiger partial charge in [0.1, 0.15) is 24.7 Å². The summed E-state index contributed by atoms with van der Waals surface area (Å²) in [5.74, 6) is 0.155. The maximum absolute atomic E-state index is 12.4. The summed E-state index contributed by atoms with van der Waals surface area (Å²) in [6.07, 6.45) is 0.694. The zero-order chi connectivity index (χ0) is 26.0. The molecule has 36 heavy (non-hydrogen) atoms. The molecule has 8 nitrogen and oxygen atoms in total. The lowest BCUT2D eigenvalue weighted by Crippen LogP contribution is -2.27. The van der Waals surface area contributed by atoms with Crippen LogP contribution in [0.2, 0.25) is 0 Å². The van der Waals surface area contributed by atoms with Crippen LogP contribution in [0, 0.1) is 16.7 Å². The Labute approximate surface area is 210 Å². The average Bonchev–Trinajstić information content (AvgIpc) is 2.91. The van der Waals surface area contributed by atoms with Gasteiger partial charge in [-0.05, 0) is 93.1 Å². The van der Waals surface area contributed by atoms with Crippen LogP contribution in [0.15, 0.2) is 83.0 Å². The number of hydrogen-bond donors (Lipinski definition) is 0. The molecule has 0 amide bonds. The highest BCUT2D eigenvalue weighted by atomic mass is 16.6. The van der Waals surface area contributed by atoms with E-state index in [0.717, 1.165) is 0 Å². The number of hydrogen-bond acceptors (Lipinski definition) is 8. The first-order valence-electron chi connectivity index (χ1n) is 11.4. The lowest BCUT2D eigenvalue weighted by molar-refractivity contribution is -0.154. The largest absolute Gasteiger partial charge is 0.490 e. The number of azo groups is 1. The van der Waals surface area contributed by atoms with Crippen molar-refractivity contribution in [3.05, 3.63) is 83.9 Å². The Morgan fingerprint density at radius 2 is 1.39 bits per heavy atom. The molecule has 3 aromatic carbocycles. The summed E-state index contributed by atoms with van der Waals surface area (Å²) in [5, 5.41) is 17.1. The minimum absolute atomic E-state index is 0.148. The van der Waals surface area contributed by atoms with Crippen molar-refractivity contribution in [3.8, 4) is 17.6 Å².